The fourth-order valence-electron chi connectivity index (χ4n) is 2.09. The van der Waals surface area contributed by atoms with Crippen LogP contribution in [0.4, 0.5) is 10.3 Å². The first-order valence-corrected chi connectivity index (χ1v) is 9.33. The average molecular weight is 372 g/mol. The molecule has 0 atom stereocenters. The third kappa shape index (κ3) is 4.94. The topological polar surface area (TPSA) is 84.0 Å². The number of hydrogen-bond acceptors (Lipinski definition) is 6. The number of thiazole rings is 2. The molecule has 6 nitrogen and oxygen atoms in total. The number of carbonyl (C=O) groups is 2. The number of hydrogen-bond donors (Lipinski definition) is 2. The predicted molar refractivity (Wildman–Crippen MR) is 100 cm³/mol. The van der Waals surface area contributed by atoms with Gasteiger partial charge in [0.2, 0.25) is 5.91 Å². The van der Waals surface area contributed by atoms with E-state index in [1.165, 1.54) is 22.7 Å². The molecule has 0 spiro atoms. The van der Waals surface area contributed by atoms with Crippen molar-refractivity contribution in [3.63, 3.8) is 0 Å². The highest BCUT2D eigenvalue weighted by molar-refractivity contribution is 7.15. The molecule has 0 fully saturated rings. The van der Waals surface area contributed by atoms with E-state index in [1.54, 1.807) is 11.6 Å². The van der Waals surface area contributed by atoms with Gasteiger partial charge in [-0.1, -0.05) is 30.3 Å². The number of amides is 2. The van der Waals surface area contributed by atoms with Crippen molar-refractivity contribution >= 4 is 44.8 Å². The number of benzene rings is 1. The maximum Gasteiger partial charge on any atom is 0.276 e. The summed E-state index contributed by atoms with van der Waals surface area (Å²) < 4.78 is 0. The van der Waals surface area contributed by atoms with Crippen molar-refractivity contribution in [2.75, 3.05) is 10.6 Å². The van der Waals surface area contributed by atoms with Gasteiger partial charge in [-0.25, -0.2) is 9.97 Å². The van der Waals surface area contributed by atoms with Gasteiger partial charge in [0.1, 0.15) is 5.69 Å². The minimum Gasteiger partial charge on any atom is -0.302 e. The van der Waals surface area contributed by atoms with Crippen LogP contribution in [0.1, 0.15) is 27.3 Å². The van der Waals surface area contributed by atoms with Gasteiger partial charge in [-0.3, -0.25) is 14.9 Å². The van der Waals surface area contributed by atoms with E-state index < -0.39 is 0 Å². The van der Waals surface area contributed by atoms with Gasteiger partial charge < -0.3 is 5.32 Å². The van der Waals surface area contributed by atoms with Crippen molar-refractivity contribution in [1.29, 1.82) is 0 Å². The third-order valence-corrected chi connectivity index (χ3v) is 4.89. The molecule has 2 N–H and O–H groups in total. The first kappa shape index (κ1) is 17.2. The van der Waals surface area contributed by atoms with Crippen molar-refractivity contribution in [2.45, 2.75) is 19.8 Å². The minimum atomic E-state index is -0.338. The zero-order valence-electron chi connectivity index (χ0n) is 13.5. The summed E-state index contributed by atoms with van der Waals surface area (Å²) in [5, 5.41) is 7.98. The molecule has 1 aromatic carbocycles. The Morgan fingerprint density at radius 2 is 1.92 bits per heavy atom. The molecule has 0 aliphatic heterocycles. The fourth-order valence-corrected chi connectivity index (χ4v) is 3.46. The van der Waals surface area contributed by atoms with Gasteiger partial charge in [-0.15, -0.1) is 22.7 Å². The molecule has 0 saturated heterocycles. The number of nitrogens with one attached hydrogen (secondary N) is 2. The molecule has 8 heteroatoms. The summed E-state index contributed by atoms with van der Waals surface area (Å²) in [5.41, 5.74) is 1.37. The summed E-state index contributed by atoms with van der Waals surface area (Å²) in [6, 6.07) is 9.81. The zero-order valence-corrected chi connectivity index (χ0v) is 15.1. The summed E-state index contributed by atoms with van der Waals surface area (Å²) in [6.45, 7) is 1.92. The minimum absolute atomic E-state index is 0.124. The summed E-state index contributed by atoms with van der Waals surface area (Å²) in [7, 11) is 0. The maximum absolute atomic E-state index is 12.1. The van der Waals surface area contributed by atoms with Gasteiger partial charge in [0.25, 0.3) is 5.91 Å². The maximum atomic E-state index is 12.1. The lowest BCUT2D eigenvalue weighted by atomic mass is 10.1. The lowest BCUT2D eigenvalue weighted by Crippen LogP contribution is -2.14. The van der Waals surface area contributed by atoms with Crippen molar-refractivity contribution < 1.29 is 9.59 Å². The van der Waals surface area contributed by atoms with Gasteiger partial charge in [0.15, 0.2) is 10.3 Å². The van der Waals surface area contributed by atoms with Gasteiger partial charge in [-0.2, -0.15) is 0 Å². The average Bonchev–Trinajstić information content (AvgIpc) is 3.23. The zero-order chi connectivity index (χ0) is 17.6. The number of aromatic nitrogens is 2. The number of aryl methyl sites for hydroxylation is 2. The predicted octanol–water partition coefficient (Wildman–Crippen LogP) is 3.73. The second-order valence-electron chi connectivity index (χ2n) is 5.30. The molecule has 128 valence electrons. The van der Waals surface area contributed by atoms with Gasteiger partial charge in [0.05, 0.1) is 0 Å². The molecule has 0 saturated carbocycles. The van der Waals surface area contributed by atoms with Crippen molar-refractivity contribution in [3.05, 3.63) is 58.0 Å². The molecular weight excluding hydrogens is 356 g/mol. The smallest absolute Gasteiger partial charge is 0.276 e. The van der Waals surface area contributed by atoms with Crippen LogP contribution in [0.3, 0.4) is 0 Å². The van der Waals surface area contributed by atoms with Crippen LogP contribution in [-0.2, 0) is 11.2 Å². The van der Waals surface area contributed by atoms with E-state index in [1.807, 2.05) is 37.3 Å². The van der Waals surface area contributed by atoms with Crippen molar-refractivity contribution in [3.8, 4) is 0 Å². The molecule has 0 aliphatic carbocycles. The second kappa shape index (κ2) is 8.00. The van der Waals surface area contributed by atoms with Gasteiger partial charge >= 0.3 is 0 Å². The highest BCUT2D eigenvalue weighted by Gasteiger charge is 2.14. The van der Waals surface area contributed by atoms with Crippen LogP contribution in [0.2, 0.25) is 0 Å². The number of anilines is 2. The Labute approximate surface area is 153 Å². The van der Waals surface area contributed by atoms with Gasteiger partial charge in [0, 0.05) is 22.9 Å². The third-order valence-electron chi connectivity index (χ3n) is 3.31. The lowest BCUT2D eigenvalue weighted by molar-refractivity contribution is -0.116. The summed E-state index contributed by atoms with van der Waals surface area (Å²) in [6.07, 6.45) is 2.72. The lowest BCUT2D eigenvalue weighted by Gasteiger charge is -2.02. The van der Waals surface area contributed by atoms with E-state index in [0.29, 0.717) is 23.1 Å². The van der Waals surface area contributed by atoms with E-state index in [4.69, 9.17) is 0 Å². The first-order chi connectivity index (χ1) is 12.1. The molecule has 0 radical (unpaired) electrons. The second-order valence-corrected chi connectivity index (χ2v) is 7.39. The Hall–Kier alpha value is -2.58. The van der Waals surface area contributed by atoms with Gasteiger partial charge in [-0.05, 0) is 18.9 Å². The van der Waals surface area contributed by atoms with E-state index in [9.17, 15) is 9.59 Å². The molecule has 2 aromatic heterocycles. The Kier molecular flexibility index (Phi) is 5.52. The van der Waals surface area contributed by atoms with E-state index in [2.05, 4.69) is 20.6 Å². The van der Waals surface area contributed by atoms with Crippen LogP contribution in [0.15, 0.2) is 41.9 Å². The largest absolute Gasteiger partial charge is 0.302 e. The van der Waals surface area contributed by atoms with E-state index >= 15 is 0 Å². The van der Waals surface area contributed by atoms with E-state index in [0.717, 1.165) is 10.4 Å². The number of rotatable bonds is 6. The Balaban J connectivity index is 1.52. The molecule has 3 rings (SSSR count). The first-order valence-electron chi connectivity index (χ1n) is 7.63. The molecule has 0 bridgehead atoms. The number of carbonyl (C=O) groups excluding carboxylic acids is 2. The van der Waals surface area contributed by atoms with Crippen molar-refractivity contribution in [1.82, 2.24) is 9.97 Å². The standard InChI is InChI=1S/C17H16N4O2S2/c1-11-9-18-16(25-11)21-15(23)13-10-24-17(19-13)20-14(22)8-7-12-5-3-2-4-6-12/h2-6,9-10H,7-8H2,1H3,(H,18,21,23)(H,19,20,22). The summed E-state index contributed by atoms with van der Waals surface area (Å²) >= 11 is 2.62. The monoisotopic (exact) mass is 372 g/mol. The molecule has 3 aromatic rings. The quantitative estimate of drug-likeness (QED) is 0.690. The highest BCUT2D eigenvalue weighted by atomic mass is 32.1. The van der Waals surface area contributed by atoms with Crippen LogP contribution in [-0.4, -0.2) is 21.8 Å². The molecule has 0 unspecified atom stereocenters. The van der Waals surface area contributed by atoms with Crippen LogP contribution < -0.4 is 10.6 Å². The van der Waals surface area contributed by atoms with Crippen molar-refractivity contribution in [2.24, 2.45) is 0 Å². The van der Waals surface area contributed by atoms with Crippen LogP contribution in [0.5, 0.6) is 0 Å². The summed E-state index contributed by atoms with van der Waals surface area (Å²) in [5.74, 6) is -0.462. The molecular formula is C17H16N4O2S2. The normalized spacial score (nSPS) is 10.4. The number of nitrogens with zero attached hydrogens (tertiary/aromatic N) is 2. The Morgan fingerprint density at radius 1 is 1.12 bits per heavy atom. The fraction of sp³-hybridized carbons (Fsp3) is 0.176. The molecule has 2 heterocycles. The molecule has 2 amide bonds. The molecule has 25 heavy (non-hydrogen) atoms. The molecule has 0 aliphatic rings. The highest BCUT2D eigenvalue weighted by Crippen LogP contribution is 2.20. The van der Waals surface area contributed by atoms with Crippen LogP contribution in [0.25, 0.3) is 0 Å². The summed E-state index contributed by atoms with van der Waals surface area (Å²) in [4.78, 5) is 33.4. The van der Waals surface area contributed by atoms with Crippen LogP contribution in [0, 0.1) is 6.92 Å². The Bertz CT molecular complexity index is 874. The van der Waals surface area contributed by atoms with Crippen LogP contribution >= 0.6 is 22.7 Å². The van der Waals surface area contributed by atoms with E-state index in [-0.39, 0.29) is 17.5 Å². The Morgan fingerprint density at radius 3 is 2.64 bits per heavy atom. The SMILES string of the molecule is Cc1cnc(NC(=O)c2csc(NC(=O)CCc3ccccc3)n2)s1.